The summed E-state index contributed by atoms with van der Waals surface area (Å²) in [4.78, 5) is 35.5. The van der Waals surface area contributed by atoms with E-state index in [2.05, 4.69) is 16.0 Å². The average Bonchev–Trinajstić information content (AvgIpc) is 2.51. The first-order valence-corrected chi connectivity index (χ1v) is 7.55. The summed E-state index contributed by atoms with van der Waals surface area (Å²) in [5.41, 5.74) is 0.212. The van der Waals surface area contributed by atoms with Crippen LogP contribution in [-0.2, 0) is 14.4 Å². The van der Waals surface area contributed by atoms with E-state index >= 15 is 0 Å². The fourth-order valence-corrected chi connectivity index (χ4v) is 2.46. The summed E-state index contributed by atoms with van der Waals surface area (Å²) < 4.78 is 0. The number of anilines is 1. The molecule has 22 heavy (non-hydrogen) atoms. The Hall–Kier alpha value is -1.63. The highest BCUT2D eigenvalue weighted by atomic mass is 35.5. The molecule has 0 saturated carbocycles. The third-order valence-corrected chi connectivity index (χ3v) is 3.89. The minimum absolute atomic E-state index is 0.212. The normalized spacial score (nSPS) is 15.2. The van der Waals surface area contributed by atoms with Gasteiger partial charge in [-0.15, -0.1) is 0 Å². The Morgan fingerprint density at radius 3 is 2.45 bits per heavy atom. The largest absolute Gasteiger partial charge is 0.317 e. The van der Waals surface area contributed by atoms with Crippen molar-refractivity contribution in [1.82, 2.24) is 10.6 Å². The highest BCUT2D eigenvalue weighted by Crippen LogP contribution is 2.25. The SMILES string of the molecule is O=C(NC(=O)C1CCNCC1)C(=O)Nc1cc(Cl)ccc1Cl. The molecule has 1 heterocycles. The Morgan fingerprint density at radius 1 is 1.09 bits per heavy atom. The molecule has 0 aromatic heterocycles. The van der Waals surface area contributed by atoms with Gasteiger partial charge in [0.15, 0.2) is 0 Å². The van der Waals surface area contributed by atoms with Crippen LogP contribution in [0.2, 0.25) is 10.0 Å². The van der Waals surface area contributed by atoms with Gasteiger partial charge < -0.3 is 10.6 Å². The second-order valence-electron chi connectivity index (χ2n) is 4.92. The van der Waals surface area contributed by atoms with Gasteiger partial charge in [0.05, 0.1) is 10.7 Å². The molecular weight excluding hydrogens is 329 g/mol. The Balaban J connectivity index is 1.93. The highest BCUT2D eigenvalue weighted by Gasteiger charge is 2.25. The number of halogens is 2. The number of imide groups is 1. The Labute approximate surface area is 137 Å². The Kier molecular flexibility index (Phi) is 5.76. The minimum atomic E-state index is -1.01. The van der Waals surface area contributed by atoms with Crippen molar-refractivity contribution < 1.29 is 14.4 Å². The molecule has 0 radical (unpaired) electrons. The van der Waals surface area contributed by atoms with Crippen LogP contribution in [0.4, 0.5) is 5.69 Å². The number of amides is 3. The topological polar surface area (TPSA) is 87.3 Å². The number of hydrogen-bond donors (Lipinski definition) is 3. The molecule has 0 atom stereocenters. The second-order valence-corrected chi connectivity index (χ2v) is 5.76. The standard InChI is InChI=1S/C14H15Cl2N3O3/c15-9-1-2-10(16)11(7-9)18-13(21)14(22)19-12(20)8-3-5-17-6-4-8/h1-2,7-8,17H,3-6H2,(H,18,21)(H,19,20,22). The molecule has 3 amide bonds. The van der Waals surface area contributed by atoms with E-state index in [4.69, 9.17) is 23.2 Å². The molecule has 1 aromatic rings. The molecule has 118 valence electrons. The van der Waals surface area contributed by atoms with Crippen LogP contribution in [0.3, 0.4) is 0 Å². The summed E-state index contributed by atoms with van der Waals surface area (Å²) in [7, 11) is 0. The van der Waals surface area contributed by atoms with Crippen molar-refractivity contribution in [3.05, 3.63) is 28.2 Å². The smallest absolute Gasteiger partial charge is 0.316 e. The third kappa shape index (κ3) is 4.43. The molecule has 1 aliphatic heterocycles. The zero-order valence-corrected chi connectivity index (χ0v) is 13.1. The van der Waals surface area contributed by atoms with Crippen LogP contribution in [-0.4, -0.2) is 30.8 Å². The molecule has 0 aliphatic carbocycles. The van der Waals surface area contributed by atoms with E-state index in [9.17, 15) is 14.4 Å². The second kappa shape index (κ2) is 7.58. The average molecular weight is 344 g/mol. The quantitative estimate of drug-likeness (QED) is 0.711. The lowest BCUT2D eigenvalue weighted by Gasteiger charge is -2.21. The molecule has 1 aromatic carbocycles. The van der Waals surface area contributed by atoms with Crippen LogP contribution >= 0.6 is 23.2 Å². The van der Waals surface area contributed by atoms with E-state index in [-0.39, 0.29) is 16.6 Å². The summed E-state index contributed by atoms with van der Waals surface area (Å²) >= 11 is 11.7. The van der Waals surface area contributed by atoms with Crippen molar-refractivity contribution in [3.63, 3.8) is 0 Å². The number of carbonyl (C=O) groups is 3. The minimum Gasteiger partial charge on any atom is -0.317 e. The van der Waals surface area contributed by atoms with Crippen molar-refractivity contribution in [2.45, 2.75) is 12.8 Å². The van der Waals surface area contributed by atoms with E-state index in [1.54, 1.807) is 6.07 Å². The van der Waals surface area contributed by atoms with Gasteiger partial charge in [0.25, 0.3) is 0 Å². The van der Waals surface area contributed by atoms with E-state index in [1.165, 1.54) is 12.1 Å². The van der Waals surface area contributed by atoms with Crippen LogP contribution in [0.15, 0.2) is 18.2 Å². The van der Waals surface area contributed by atoms with E-state index in [0.717, 1.165) is 13.1 Å². The lowest BCUT2D eigenvalue weighted by atomic mass is 9.97. The van der Waals surface area contributed by atoms with Gasteiger partial charge in [-0.2, -0.15) is 0 Å². The summed E-state index contributed by atoms with van der Waals surface area (Å²) in [6.07, 6.45) is 1.28. The lowest BCUT2D eigenvalue weighted by Crippen LogP contribution is -2.44. The fourth-order valence-electron chi connectivity index (χ4n) is 2.13. The lowest BCUT2D eigenvalue weighted by molar-refractivity contribution is -0.141. The maximum absolute atomic E-state index is 11.9. The Morgan fingerprint density at radius 2 is 1.77 bits per heavy atom. The van der Waals surface area contributed by atoms with Crippen molar-refractivity contribution >= 4 is 46.6 Å². The maximum Gasteiger partial charge on any atom is 0.316 e. The first-order valence-electron chi connectivity index (χ1n) is 6.79. The predicted octanol–water partition coefficient (Wildman–Crippen LogP) is 1.57. The molecule has 0 bridgehead atoms. The molecular formula is C14H15Cl2N3O3. The van der Waals surface area contributed by atoms with Crippen LogP contribution in [0, 0.1) is 5.92 Å². The number of rotatable bonds is 2. The zero-order valence-electron chi connectivity index (χ0n) is 11.6. The number of benzene rings is 1. The van der Waals surface area contributed by atoms with Gasteiger partial charge in [-0.25, -0.2) is 0 Å². The molecule has 1 aliphatic rings. The number of carbonyl (C=O) groups excluding carboxylic acids is 3. The number of hydrogen-bond acceptors (Lipinski definition) is 4. The Bertz CT molecular complexity index is 601. The van der Waals surface area contributed by atoms with Crippen LogP contribution in [0.5, 0.6) is 0 Å². The van der Waals surface area contributed by atoms with Crippen LogP contribution < -0.4 is 16.0 Å². The van der Waals surface area contributed by atoms with E-state index < -0.39 is 17.7 Å². The molecule has 1 saturated heterocycles. The van der Waals surface area contributed by atoms with Gasteiger partial charge >= 0.3 is 11.8 Å². The van der Waals surface area contributed by atoms with Crippen molar-refractivity contribution in [2.75, 3.05) is 18.4 Å². The molecule has 1 fully saturated rings. The van der Waals surface area contributed by atoms with Crippen molar-refractivity contribution in [2.24, 2.45) is 5.92 Å². The summed E-state index contributed by atoms with van der Waals surface area (Å²) in [5, 5.41) is 8.17. The summed E-state index contributed by atoms with van der Waals surface area (Å²) in [6.45, 7) is 1.44. The van der Waals surface area contributed by atoms with Crippen LogP contribution in [0.1, 0.15) is 12.8 Å². The van der Waals surface area contributed by atoms with Gasteiger partial charge in [0.2, 0.25) is 5.91 Å². The molecule has 2 rings (SSSR count). The summed E-state index contributed by atoms with van der Waals surface area (Å²) in [6, 6.07) is 4.47. The van der Waals surface area contributed by atoms with Gasteiger partial charge in [0.1, 0.15) is 0 Å². The first-order chi connectivity index (χ1) is 10.5. The third-order valence-electron chi connectivity index (χ3n) is 3.33. The van der Waals surface area contributed by atoms with Crippen molar-refractivity contribution in [3.8, 4) is 0 Å². The van der Waals surface area contributed by atoms with Gasteiger partial charge in [-0.05, 0) is 44.1 Å². The monoisotopic (exact) mass is 343 g/mol. The van der Waals surface area contributed by atoms with Gasteiger partial charge in [-0.1, -0.05) is 23.2 Å². The maximum atomic E-state index is 11.9. The van der Waals surface area contributed by atoms with E-state index in [0.29, 0.717) is 17.9 Å². The molecule has 0 unspecified atom stereocenters. The summed E-state index contributed by atoms with van der Waals surface area (Å²) in [5.74, 6) is -2.67. The molecule has 8 heteroatoms. The van der Waals surface area contributed by atoms with Crippen molar-refractivity contribution in [1.29, 1.82) is 0 Å². The molecule has 0 spiro atoms. The zero-order chi connectivity index (χ0) is 16.1. The van der Waals surface area contributed by atoms with Crippen LogP contribution in [0.25, 0.3) is 0 Å². The van der Waals surface area contributed by atoms with Gasteiger partial charge in [0, 0.05) is 10.9 Å². The predicted molar refractivity (Wildman–Crippen MR) is 83.8 cm³/mol. The fraction of sp³-hybridized carbons (Fsp3) is 0.357. The van der Waals surface area contributed by atoms with E-state index in [1.807, 2.05) is 0 Å². The first kappa shape index (κ1) is 16.7. The van der Waals surface area contributed by atoms with Gasteiger partial charge in [-0.3, -0.25) is 19.7 Å². The molecule has 3 N–H and O–H groups in total. The highest BCUT2D eigenvalue weighted by molar-refractivity contribution is 6.43. The number of piperidine rings is 1. The molecule has 6 nitrogen and oxygen atoms in total. The number of nitrogens with one attached hydrogen (secondary N) is 3.